The van der Waals surface area contributed by atoms with Crippen molar-refractivity contribution < 1.29 is 14.7 Å². The molecule has 1 amide bonds. The molecule has 2 fully saturated rings. The Morgan fingerprint density at radius 2 is 2.14 bits per heavy atom. The van der Waals surface area contributed by atoms with Gasteiger partial charge in [-0.3, -0.25) is 14.5 Å². The van der Waals surface area contributed by atoms with Gasteiger partial charge in [-0.05, 0) is 51.1 Å². The summed E-state index contributed by atoms with van der Waals surface area (Å²) in [5, 5.41) is 14.9. The molecule has 0 saturated carbocycles. The smallest absolute Gasteiger partial charge is 0.303 e. The Hall–Kier alpha value is -1.14. The maximum Gasteiger partial charge on any atom is 0.303 e. The zero-order chi connectivity index (χ0) is 15.1. The second-order valence-electron chi connectivity index (χ2n) is 6.19. The molecule has 6 heteroatoms. The molecule has 0 spiro atoms. The van der Waals surface area contributed by atoms with Gasteiger partial charge in [-0.15, -0.1) is 0 Å². The van der Waals surface area contributed by atoms with E-state index in [0.717, 1.165) is 26.1 Å². The van der Waals surface area contributed by atoms with Gasteiger partial charge in [0.15, 0.2) is 0 Å². The van der Waals surface area contributed by atoms with Crippen molar-refractivity contribution in [3.05, 3.63) is 0 Å². The highest BCUT2D eigenvalue weighted by Gasteiger charge is 2.29. The highest BCUT2D eigenvalue weighted by atomic mass is 16.4. The zero-order valence-corrected chi connectivity index (χ0v) is 12.6. The predicted octanol–water partition coefficient (Wildman–Crippen LogP) is 0.431. The molecule has 0 aliphatic carbocycles. The van der Waals surface area contributed by atoms with Crippen molar-refractivity contribution >= 4 is 11.9 Å². The Balaban J connectivity index is 1.64. The Bertz CT molecular complexity index is 356. The highest BCUT2D eigenvalue weighted by Crippen LogP contribution is 2.24. The minimum absolute atomic E-state index is 0.0143. The van der Waals surface area contributed by atoms with Crippen LogP contribution in [0.2, 0.25) is 0 Å². The third-order valence-corrected chi connectivity index (χ3v) is 4.47. The summed E-state index contributed by atoms with van der Waals surface area (Å²) >= 11 is 0. The van der Waals surface area contributed by atoms with Crippen LogP contribution in [-0.2, 0) is 9.59 Å². The summed E-state index contributed by atoms with van der Waals surface area (Å²) in [4.78, 5) is 24.5. The Labute approximate surface area is 126 Å². The van der Waals surface area contributed by atoms with Crippen LogP contribution in [0.25, 0.3) is 0 Å². The molecule has 0 bridgehead atoms. The van der Waals surface area contributed by atoms with E-state index in [-0.39, 0.29) is 12.3 Å². The molecule has 120 valence electrons. The van der Waals surface area contributed by atoms with Gasteiger partial charge < -0.3 is 15.7 Å². The van der Waals surface area contributed by atoms with Crippen LogP contribution in [0.15, 0.2) is 0 Å². The molecule has 0 radical (unpaired) electrons. The van der Waals surface area contributed by atoms with Crippen LogP contribution < -0.4 is 10.6 Å². The van der Waals surface area contributed by atoms with E-state index < -0.39 is 5.97 Å². The lowest BCUT2D eigenvalue weighted by Gasteiger charge is -2.35. The highest BCUT2D eigenvalue weighted by molar-refractivity contribution is 5.78. The molecule has 2 aliphatic rings. The number of nitrogens with one attached hydrogen (secondary N) is 2. The number of rotatable bonds is 7. The Morgan fingerprint density at radius 3 is 2.86 bits per heavy atom. The fraction of sp³-hybridized carbons (Fsp3) is 0.867. The van der Waals surface area contributed by atoms with Gasteiger partial charge in [0.1, 0.15) is 0 Å². The normalized spacial score (nSPS) is 26.7. The van der Waals surface area contributed by atoms with Gasteiger partial charge in [-0.2, -0.15) is 0 Å². The number of aliphatic carboxylic acids is 1. The molecule has 2 saturated heterocycles. The molecule has 6 nitrogen and oxygen atoms in total. The number of hydrogen-bond donors (Lipinski definition) is 3. The maximum atomic E-state index is 11.9. The van der Waals surface area contributed by atoms with Crippen molar-refractivity contribution in [1.29, 1.82) is 0 Å². The van der Waals surface area contributed by atoms with Crippen molar-refractivity contribution in [2.45, 2.75) is 44.6 Å². The topological polar surface area (TPSA) is 81.7 Å². The first-order chi connectivity index (χ1) is 10.1. The Kier molecular flexibility index (Phi) is 6.45. The molecule has 2 aliphatic heterocycles. The molecule has 2 unspecified atom stereocenters. The second kappa shape index (κ2) is 8.34. The van der Waals surface area contributed by atoms with Gasteiger partial charge in [0.05, 0.1) is 6.54 Å². The van der Waals surface area contributed by atoms with E-state index in [1.807, 2.05) is 0 Å². The van der Waals surface area contributed by atoms with Crippen LogP contribution in [0.5, 0.6) is 0 Å². The standard InChI is InChI=1S/C15H27N3O3/c19-14(17-8-2-6-15(20)21)11-18-9-3-4-12(10-18)13-5-1-7-16-13/h12-13,16H,1-11H2,(H,17,19)(H,20,21). The van der Waals surface area contributed by atoms with Crippen molar-refractivity contribution in [2.75, 3.05) is 32.7 Å². The van der Waals surface area contributed by atoms with Gasteiger partial charge in [0, 0.05) is 25.6 Å². The van der Waals surface area contributed by atoms with Crippen molar-refractivity contribution in [3.63, 3.8) is 0 Å². The second-order valence-corrected chi connectivity index (χ2v) is 6.19. The molecule has 21 heavy (non-hydrogen) atoms. The number of carboxylic acids is 1. The average Bonchev–Trinajstić information content (AvgIpc) is 2.98. The molecule has 2 atom stereocenters. The summed E-state index contributed by atoms with van der Waals surface area (Å²) in [6, 6.07) is 0.631. The number of nitrogens with zero attached hydrogens (tertiary/aromatic N) is 1. The van der Waals surface area contributed by atoms with Gasteiger partial charge >= 0.3 is 5.97 Å². The third-order valence-electron chi connectivity index (χ3n) is 4.47. The fourth-order valence-electron chi connectivity index (χ4n) is 3.40. The molecule has 0 aromatic carbocycles. The van der Waals surface area contributed by atoms with E-state index in [9.17, 15) is 9.59 Å². The van der Waals surface area contributed by atoms with Crippen LogP contribution in [0.4, 0.5) is 0 Å². The monoisotopic (exact) mass is 297 g/mol. The largest absolute Gasteiger partial charge is 0.481 e. The van der Waals surface area contributed by atoms with Crippen LogP contribution in [0, 0.1) is 5.92 Å². The number of carboxylic acid groups (broad SMARTS) is 1. The van der Waals surface area contributed by atoms with Crippen LogP contribution in [0.3, 0.4) is 0 Å². The summed E-state index contributed by atoms with van der Waals surface area (Å²) < 4.78 is 0. The van der Waals surface area contributed by atoms with E-state index >= 15 is 0 Å². The summed E-state index contributed by atoms with van der Waals surface area (Å²) in [6.07, 6.45) is 5.56. The number of carbonyl (C=O) groups excluding carboxylic acids is 1. The van der Waals surface area contributed by atoms with Gasteiger partial charge in [0.25, 0.3) is 0 Å². The molecular weight excluding hydrogens is 270 g/mol. The minimum Gasteiger partial charge on any atom is -0.481 e. The molecule has 0 aromatic rings. The first-order valence-corrected chi connectivity index (χ1v) is 8.09. The first-order valence-electron chi connectivity index (χ1n) is 8.09. The van der Waals surface area contributed by atoms with Crippen LogP contribution >= 0.6 is 0 Å². The van der Waals surface area contributed by atoms with E-state index in [1.54, 1.807) is 0 Å². The molecule has 0 aromatic heterocycles. The quantitative estimate of drug-likeness (QED) is 0.594. The summed E-state index contributed by atoms with van der Waals surface area (Å²) in [6.45, 7) is 4.01. The number of hydrogen-bond acceptors (Lipinski definition) is 4. The number of likely N-dealkylation sites (tertiary alicyclic amines) is 1. The lowest BCUT2D eigenvalue weighted by atomic mass is 9.90. The van der Waals surface area contributed by atoms with E-state index in [0.29, 0.717) is 31.5 Å². The van der Waals surface area contributed by atoms with Crippen molar-refractivity contribution in [1.82, 2.24) is 15.5 Å². The molecule has 2 heterocycles. The first kappa shape index (κ1) is 16.2. The number of carbonyl (C=O) groups is 2. The fourth-order valence-corrected chi connectivity index (χ4v) is 3.40. The van der Waals surface area contributed by atoms with Gasteiger partial charge in [-0.25, -0.2) is 0 Å². The lowest BCUT2D eigenvalue weighted by Crippen LogP contribution is -2.47. The zero-order valence-electron chi connectivity index (χ0n) is 12.6. The van der Waals surface area contributed by atoms with E-state index in [4.69, 9.17) is 5.11 Å². The molecule has 2 rings (SSSR count). The van der Waals surface area contributed by atoms with Crippen molar-refractivity contribution in [3.8, 4) is 0 Å². The van der Waals surface area contributed by atoms with E-state index in [1.165, 1.54) is 19.3 Å². The van der Waals surface area contributed by atoms with Gasteiger partial charge in [-0.1, -0.05) is 0 Å². The summed E-state index contributed by atoms with van der Waals surface area (Å²) in [7, 11) is 0. The molecular formula is C15H27N3O3. The Morgan fingerprint density at radius 1 is 1.29 bits per heavy atom. The van der Waals surface area contributed by atoms with Crippen molar-refractivity contribution in [2.24, 2.45) is 5.92 Å². The van der Waals surface area contributed by atoms with Gasteiger partial charge in [0.2, 0.25) is 5.91 Å². The summed E-state index contributed by atoms with van der Waals surface area (Å²) in [5.74, 6) is -0.131. The SMILES string of the molecule is O=C(O)CCCNC(=O)CN1CCCC(C2CCCN2)C1. The maximum absolute atomic E-state index is 11.9. The lowest BCUT2D eigenvalue weighted by molar-refractivity contribution is -0.137. The number of amides is 1. The molecule has 3 N–H and O–H groups in total. The van der Waals surface area contributed by atoms with Crippen LogP contribution in [0.1, 0.15) is 38.5 Å². The summed E-state index contributed by atoms with van der Waals surface area (Å²) in [5.41, 5.74) is 0. The third kappa shape index (κ3) is 5.63. The minimum atomic E-state index is -0.813. The van der Waals surface area contributed by atoms with Crippen LogP contribution in [-0.4, -0.2) is 60.6 Å². The van der Waals surface area contributed by atoms with E-state index in [2.05, 4.69) is 15.5 Å². The predicted molar refractivity (Wildman–Crippen MR) is 80.1 cm³/mol. The number of piperidine rings is 1. The average molecular weight is 297 g/mol.